The van der Waals surface area contributed by atoms with E-state index in [1.165, 1.54) is 0 Å². The Kier molecular flexibility index (Phi) is 5.13. The zero-order chi connectivity index (χ0) is 22.2. The van der Waals surface area contributed by atoms with Crippen LogP contribution in [-0.4, -0.2) is 32.9 Å². The Morgan fingerprint density at radius 1 is 1.28 bits per heavy atom. The summed E-state index contributed by atoms with van der Waals surface area (Å²) in [5, 5.41) is 12.3. The van der Waals surface area contributed by atoms with Crippen molar-refractivity contribution < 1.29 is 14.1 Å². The summed E-state index contributed by atoms with van der Waals surface area (Å²) in [6, 6.07) is 11.1. The maximum atomic E-state index is 13.5. The summed E-state index contributed by atoms with van der Waals surface area (Å²) in [4.78, 5) is 18.2. The number of carbonyl (C=O) groups excluding carboxylic acids is 1. The average Bonchev–Trinajstić information content (AvgIpc) is 3.40. The number of benzene rings is 1. The van der Waals surface area contributed by atoms with Gasteiger partial charge in [0.05, 0.1) is 29.8 Å². The van der Waals surface area contributed by atoms with E-state index in [4.69, 9.17) is 9.26 Å². The standard InChI is InChI=1S/C24H25N5O3/c1-4-29-20(11-12-25-29)14(2)26-23(30)18-13-19(15-5-6-15)27-24-21(18)22(28-32-24)16-7-9-17(31-3)10-8-16/h7-15H,4-6H2,1-3H3,(H,26,30). The molecular formula is C24H25N5O3. The smallest absolute Gasteiger partial charge is 0.259 e. The molecule has 0 bridgehead atoms. The summed E-state index contributed by atoms with van der Waals surface area (Å²) in [6.07, 6.45) is 3.90. The van der Waals surface area contributed by atoms with Crippen LogP contribution >= 0.6 is 0 Å². The molecule has 4 aromatic rings. The molecule has 0 aliphatic heterocycles. The Bertz CT molecular complexity index is 1270. The van der Waals surface area contributed by atoms with Crippen LogP contribution in [0.25, 0.3) is 22.4 Å². The number of aromatic nitrogens is 4. The quantitative estimate of drug-likeness (QED) is 0.463. The predicted molar refractivity (Wildman–Crippen MR) is 120 cm³/mol. The molecule has 1 N–H and O–H groups in total. The van der Waals surface area contributed by atoms with Crippen molar-refractivity contribution in [3.8, 4) is 17.0 Å². The Morgan fingerprint density at radius 2 is 2.06 bits per heavy atom. The van der Waals surface area contributed by atoms with E-state index in [0.29, 0.717) is 28.3 Å². The molecule has 8 heteroatoms. The molecule has 1 amide bonds. The summed E-state index contributed by atoms with van der Waals surface area (Å²) >= 11 is 0. The number of fused-ring (bicyclic) bond motifs is 1. The van der Waals surface area contributed by atoms with Gasteiger partial charge in [-0.15, -0.1) is 0 Å². The fraction of sp³-hybridized carbons (Fsp3) is 0.333. The first-order valence-corrected chi connectivity index (χ1v) is 10.9. The molecule has 5 rings (SSSR count). The number of hydrogen-bond acceptors (Lipinski definition) is 6. The summed E-state index contributed by atoms with van der Waals surface area (Å²) in [5.41, 5.74) is 4.17. The fourth-order valence-corrected chi connectivity index (χ4v) is 4.01. The van der Waals surface area contributed by atoms with Crippen LogP contribution in [0.5, 0.6) is 5.75 Å². The summed E-state index contributed by atoms with van der Waals surface area (Å²) in [7, 11) is 1.62. The van der Waals surface area contributed by atoms with Crippen LogP contribution in [-0.2, 0) is 6.54 Å². The fourth-order valence-electron chi connectivity index (χ4n) is 4.01. The highest BCUT2D eigenvalue weighted by Crippen LogP contribution is 2.41. The van der Waals surface area contributed by atoms with E-state index in [-0.39, 0.29) is 11.9 Å². The lowest BCUT2D eigenvalue weighted by Gasteiger charge is -2.16. The number of nitrogens with one attached hydrogen (secondary N) is 1. The lowest BCUT2D eigenvalue weighted by molar-refractivity contribution is 0.0939. The van der Waals surface area contributed by atoms with Crippen molar-refractivity contribution in [3.05, 3.63) is 59.5 Å². The lowest BCUT2D eigenvalue weighted by atomic mass is 10.0. The second kappa shape index (κ2) is 8.11. The summed E-state index contributed by atoms with van der Waals surface area (Å²) < 4.78 is 12.7. The van der Waals surface area contributed by atoms with Crippen molar-refractivity contribution >= 4 is 17.0 Å². The molecule has 1 aliphatic carbocycles. The molecule has 3 aromatic heterocycles. The van der Waals surface area contributed by atoms with E-state index >= 15 is 0 Å². The molecular weight excluding hydrogens is 406 g/mol. The third kappa shape index (κ3) is 3.62. The van der Waals surface area contributed by atoms with Crippen molar-refractivity contribution in [2.24, 2.45) is 0 Å². The Morgan fingerprint density at radius 3 is 2.75 bits per heavy atom. The van der Waals surface area contributed by atoms with Crippen LogP contribution in [0.4, 0.5) is 0 Å². The minimum Gasteiger partial charge on any atom is -0.497 e. The van der Waals surface area contributed by atoms with Gasteiger partial charge in [-0.3, -0.25) is 9.48 Å². The van der Waals surface area contributed by atoms with Crippen molar-refractivity contribution in [2.75, 3.05) is 7.11 Å². The van der Waals surface area contributed by atoms with Gasteiger partial charge in [0.2, 0.25) is 0 Å². The van der Waals surface area contributed by atoms with Crippen molar-refractivity contribution in [3.63, 3.8) is 0 Å². The average molecular weight is 431 g/mol. The van der Waals surface area contributed by atoms with Gasteiger partial charge in [-0.05, 0) is 63.1 Å². The number of pyridine rings is 1. The van der Waals surface area contributed by atoms with Crippen LogP contribution in [0.2, 0.25) is 0 Å². The van der Waals surface area contributed by atoms with Crippen LogP contribution in [0.3, 0.4) is 0 Å². The number of rotatable bonds is 7. The van der Waals surface area contributed by atoms with Gasteiger partial charge in [0.1, 0.15) is 11.4 Å². The minimum atomic E-state index is -0.207. The maximum absolute atomic E-state index is 13.5. The topological polar surface area (TPSA) is 95.1 Å². The van der Waals surface area contributed by atoms with Crippen molar-refractivity contribution in [2.45, 2.75) is 45.2 Å². The second-order valence-corrected chi connectivity index (χ2v) is 8.08. The molecule has 1 fully saturated rings. The van der Waals surface area contributed by atoms with E-state index in [1.54, 1.807) is 13.3 Å². The third-order valence-corrected chi connectivity index (χ3v) is 5.91. The van der Waals surface area contributed by atoms with Gasteiger partial charge in [-0.2, -0.15) is 5.10 Å². The van der Waals surface area contributed by atoms with Crippen LogP contribution in [0.1, 0.15) is 60.4 Å². The molecule has 0 radical (unpaired) electrons. The van der Waals surface area contributed by atoms with Crippen molar-refractivity contribution in [1.29, 1.82) is 0 Å². The first-order chi connectivity index (χ1) is 15.6. The van der Waals surface area contributed by atoms with E-state index in [0.717, 1.165) is 42.1 Å². The Balaban J connectivity index is 1.56. The highest BCUT2D eigenvalue weighted by Gasteiger charge is 2.30. The third-order valence-electron chi connectivity index (χ3n) is 5.91. The maximum Gasteiger partial charge on any atom is 0.259 e. The van der Waals surface area contributed by atoms with Gasteiger partial charge >= 0.3 is 0 Å². The van der Waals surface area contributed by atoms with Gasteiger partial charge in [-0.25, -0.2) is 4.98 Å². The normalized spacial score (nSPS) is 14.5. The zero-order valence-corrected chi connectivity index (χ0v) is 18.3. The second-order valence-electron chi connectivity index (χ2n) is 8.08. The highest BCUT2D eigenvalue weighted by atomic mass is 16.5. The number of ether oxygens (including phenoxy) is 1. The van der Waals surface area contributed by atoms with Gasteiger partial charge in [0, 0.05) is 29.9 Å². The molecule has 0 saturated heterocycles. The zero-order valence-electron chi connectivity index (χ0n) is 18.3. The van der Waals surface area contributed by atoms with Crippen LogP contribution in [0.15, 0.2) is 47.1 Å². The SMILES string of the molecule is CCn1nccc1C(C)NC(=O)c1cc(C2CC2)nc2onc(-c3ccc(OC)cc3)c12. The highest BCUT2D eigenvalue weighted by molar-refractivity contribution is 6.09. The van der Waals surface area contributed by atoms with Gasteiger partial charge in [0.25, 0.3) is 11.6 Å². The molecule has 3 heterocycles. The van der Waals surface area contributed by atoms with Gasteiger partial charge in [0.15, 0.2) is 0 Å². The minimum absolute atomic E-state index is 0.186. The Labute approximate surface area is 185 Å². The number of amides is 1. The van der Waals surface area contributed by atoms with Crippen molar-refractivity contribution in [1.82, 2.24) is 25.2 Å². The molecule has 1 aliphatic rings. The monoisotopic (exact) mass is 431 g/mol. The molecule has 32 heavy (non-hydrogen) atoms. The van der Waals surface area contributed by atoms with Gasteiger partial charge < -0.3 is 14.6 Å². The number of hydrogen-bond donors (Lipinski definition) is 1. The molecule has 164 valence electrons. The summed E-state index contributed by atoms with van der Waals surface area (Å²) in [5.74, 6) is 0.933. The van der Waals surface area contributed by atoms with Gasteiger partial charge in [-0.1, -0.05) is 5.16 Å². The number of carbonyl (C=O) groups is 1. The van der Waals surface area contributed by atoms with E-state index in [1.807, 2.05) is 54.9 Å². The molecule has 1 unspecified atom stereocenters. The summed E-state index contributed by atoms with van der Waals surface area (Å²) in [6.45, 7) is 4.72. The Hall–Kier alpha value is -3.68. The number of nitrogens with zero attached hydrogens (tertiary/aromatic N) is 4. The first-order valence-electron chi connectivity index (χ1n) is 10.9. The first kappa shape index (κ1) is 20.2. The molecule has 1 saturated carbocycles. The van der Waals surface area contributed by atoms with Crippen LogP contribution < -0.4 is 10.1 Å². The number of aryl methyl sites for hydroxylation is 1. The van der Waals surface area contributed by atoms with E-state index in [2.05, 4.69) is 20.6 Å². The molecule has 8 nitrogen and oxygen atoms in total. The van der Waals surface area contributed by atoms with E-state index < -0.39 is 0 Å². The molecule has 1 atom stereocenters. The molecule has 0 spiro atoms. The molecule has 1 aromatic carbocycles. The lowest BCUT2D eigenvalue weighted by Crippen LogP contribution is -2.28. The van der Waals surface area contributed by atoms with Crippen LogP contribution in [0, 0.1) is 0 Å². The van der Waals surface area contributed by atoms with E-state index in [9.17, 15) is 4.79 Å². The largest absolute Gasteiger partial charge is 0.497 e. The number of methoxy groups -OCH3 is 1. The predicted octanol–water partition coefficient (Wildman–Crippen LogP) is 4.48.